The Morgan fingerprint density at radius 1 is 1.21 bits per heavy atom. The van der Waals surface area contributed by atoms with Crippen LogP contribution in [0.25, 0.3) is 0 Å². The lowest BCUT2D eigenvalue weighted by Crippen LogP contribution is -2.53. The Bertz CT molecular complexity index is 475. The number of nitrogens with zero attached hydrogens (tertiary/aromatic N) is 1. The molecule has 0 radical (unpaired) electrons. The van der Waals surface area contributed by atoms with E-state index in [4.69, 9.17) is 4.74 Å². The molecule has 0 unspecified atom stereocenters. The number of nitrogens with one attached hydrogen (secondary N) is 2. The zero-order valence-electron chi connectivity index (χ0n) is 15.4. The summed E-state index contributed by atoms with van der Waals surface area (Å²) in [4.78, 5) is 4.19. The standard InChI is InChI=1S/C16H33N3O3S.HI/c1-14(2)7-5-6-10-18-15(17-3)19-13-16(23(4,20)21)8-11-22-12-9-16;/h14H,5-13H2,1-4H3,(H2,17,18,19);1H. The Labute approximate surface area is 164 Å². The maximum atomic E-state index is 12.2. The van der Waals surface area contributed by atoms with Crippen LogP contribution in [0, 0.1) is 5.92 Å². The van der Waals surface area contributed by atoms with Gasteiger partial charge in [0.2, 0.25) is 0 Å². The van der Waals surface area contributed by atoms with Crippen LogP contribution >= 0.6 is 24.0 Å². The van der Waals surface area contributed by atoms with Gasteiger partial charge in [-0.3, -0.25) is 4.99 Å². The summed E-state index contributed by atoms with van der Waals surface area (Å²) in [6, 6.07) is 0. The molecule has 8 heteroatoms. The summed E-state index contributed by atoms with van der Waals surface area (Å²) in [5.41, 5.74) is 0. The van der Waals surface area contributed by atoms with Crippen LogP contribution in [0.2, 0.25) is 0 Å². The van der Waals surface area contributed by atoms with Crippen LogP contribution in [0.1, 0.15) is 46.0 Å². The minimum atomic E-state index is -3.16. The third kappa shape index (κ3) is 7.86. The molecule has 24 heavy (non-hydrogen) atoms. The van der Waals surface area contributed by atoms with Gasteiger partial charge in [-0.15, -0.1) is 24.0 Å². The second-order valence-electron chi connectivity index (χ2n) is 6.81. The van der Waals surface area contributed by atoms with Crippen molar-refractivity contribution in [3.63, 3.8) is 0 Å². The number of sulfone groups is 1. The number of unbranched alkanes of at least 4 members (excludes halogenated alkanes) is 1. The second-order valence-corrected chi connectivity index (χ2v) is 9.22. The third-order valence-electron chi connectivity index (χ3n) is 4.49. The lowest BCUT2D eigenvalue weighted by molar-refractivity contribution is 0.0756. The van der Waals surface area contributed by atoms with Gasteiger partial charge in [0, 0.05) is 39.6 Å². The molecule has 1 aliphatic heterocycles. The van der Waals surface area contributed by atoms with Crippen LogP contribution in [-0.2, 0) is 14.6 Å². The fourth-order valence-corrected chi connectivity index (χ4v) is 4.01. The Morgan fingerprint density at radius 2 is 1.83 bits per heavy atom. The van der Waals surface area contributed by atoms with Gasteiger partial charge in [0.1, 0.15) is 0 Å². The van der Waals surface area contributed by atoms with Gasteiger partial charge >= 0.3 is 0 Å². The van der Waals surface area contributed by atoms with E-state index in [2.05, 4.69) is 29.5 Å². The summed E-state index contributed by atoms with van der Waals surface area (Å²) in [5, 5.41) is 6.45. The summed E-state index contributed by atoms with van der Waals surface area (Å²) in [7, 11) is -1.45. The molecule has 1 heterocycles. The minimum absolute atomic E-state index is 0. The van der Waals surface area contributed by atoms with E-state index >= 15 is 0 Å². The van der Waals surface area contributed by atoms with Crippen molar-refractivity contribution < 1.29 is 13.2 Å². The van der Waals surface area contributed by atoms with Crippen LogP contribution < -0.4 is 10.6 Å². The molecule has 1 saturated heterocycles. The number of halogens is 1. The number of ether oxygens (including phenoxy) is 1. The molecule has 0 bridgehead atoms. The van der Waals surface area contributed by atoms with Crippen LogP contribution in [0.3, 0.4) is 0 Å². The SMILES string of the molecule is CN=C(NCCCCC(C)C)NCC1(S(C)(=O)=O)CCOCC1.I. The normalized spacial score (nSPS) is 18.1. The quantitative estimate of drug-likeness (QED) is 0.244. The third-order valence-corrected chi connectivity index (χ3v) is 6.62. The van der Waals surface area contributed by atoms with Gasteiger partial charge in [-0.05, 0) is 25.2 Å². The Kier molecular flexibility index (Phi) is 11.5. The first kappa shape index (κ1) is 23.9. The first-order valence-electron chi connectivity index (χ1n) is 8.52. The van der Waals surface area contributed by atoms with Crippen molar-refractivity contribution in [1.29, 1.82) is 0 Å². The van der Waals surface area contributed by atoms with Gasteiger partial charge in [-0.25, -0.2) is 8.42 Å². The highest BCUT2D eigenvalue weighted by Gasteiger charge is 2.42. The number of aliphatic imine (C=N–C) groups is 1. The molecule has 1 aliphatic rings. The van der Waals surface area contributed by atoms with Crippen LogP contribution in [0.4, 0.5) is 0 Å². The van der Waals surface area contributed by atoms with E-state index in [-0.39, 0.29) is 24.0 Å². The monoisotopic (exact) mass is 475 g/mol. The van der Waals surface area contributed by atoms with E-state index in [1.54, 1.807) is 7.05 Å². The van der Waals surface area contributed by atoms with Crippen LogP contribution in [0.15, 0.2) is 4.99 Å². The highest BCUT2D eigenvalue weighted by atomic mass is 127. The molecule has 0 saturated carbocycles. The fourth-order valence-electron chi connectivity index (χ4n) is 2.77. The number of guanidine groups is 1. The molecular formula is C16H34IN3O3S. The smallest absolute Gasteiger partial charge is 0.191 e. The predicted octanol–water partition coefficient (Wildman–Crippen LogP) is 2.19. The molecule has 144 valence electrons. The van der Waals surface area contributed by atoms with E-state index in [9.17, 15) is 8.42 Å². The van der Waals surface area contributed by atoms with Crippen molar-refractivity contribution in [3.8, 4) is 0 Å². The van der Waals surface area contributed by atoms with Gasteiger partial charge in [0.25, 0.3) is 0 Å². The maximum absolute atomic E-state index is 12.2. The molecule has 0 spiro atoms. The van der Waals surface area contributed by atoms with E-state index in [1.165, 1.54) is 19.1 Å². The summed E-state index contributed by atoms with van der Waals surface area (Å²) in [6.07, 6.45) is 5.89. The Balaban J connectivity index is 0.00000529. The molecule has 6 nitrogen and oxygen atoms in total. The van der Waals surface area contributed by atoms with Gasteiger partial charge in [0.15, 0.2) is 15.8 Å². The van der Waals surface area contributed by atoms with Crippen molar-refractivity contribution in [1.82, 2.24) is 10.6 Å². The van der Waals surface area contributed by atoms with Crippen molar-refractivity contribution in [2.24, 2.45) is 10.9 Å². The predicted molar refractivity (Wildman–Crippen MR) is 111 cm³/mol. The molecule has 1 rings (SSSR count). The van der Waals surface area contributed by atoms with E-state index < -0.39 is 14.6 Å². The van der Waals surface area contributed by atoms with Crippen molar-refractivity contribution in [3.05, 3.63) is 0 Å². The summed E-state index contributed by atoms with van der Waals surface area (Å²) >= 11 is 0. The lowest BCUT2D eigenvalue weighted by atomic mass is 9.99. The molecule has 0 atom stereocenters. The number of hydrogen-bond donors (Lipinski definition) is 2. The van der Waals surface area contributed by atoms with Crippen molar-refractivity contribution in [2.75, 3.05) is 39.6 Å². The Hall–Kier alpha value is -0.0900. The first-order chi connectivity index (χ1) is 10.8. The highest BCUT2D eigenvalue weighted by Crippen LogP contribution is 2.28. The zero-order valence-corrected chi connectivity index (χ0v) is 18.6. The topological polar surface area (TPSA) is 79.8 Å². The van der Waals surface area contributed by atoms with Crippen LogP contribution in [-0.4, -0.2) is 58.7 Å². The van der Waals surface area contributed by atoms with E-state index in [0.717, 1.165) is 18.9 Å². The molecular weight excluding hydrogens is 441 g/mol. The van der Waals surface area contributed by atoms with Crippen LogP contribution in [0.5, 0.6) is 0 Å². The van der Waals surface area contributed by atoms with Crippen molar-refractivity contribution >= 4 is 39.8 Å². The maximum Gasteiger partial charge on any atom is 0.191 e. The first-order valence-corrected chi connectivity index (χ1v) is 10.4. The molecule has 2 N–H and O–H groups in total. The molecule has 0 aliphatic carbocycles. The molecule has 0 aromatic carbocycles. The van der Waals surface area contributed by atoms with Gasteiger partial charge in [-0.1, -0.05) is 26.7 Å². The second kappa shape index (κ2) is 11.5. The summed E-state index contributed by atoms with van der Waals surface area (Å²) in [6.45, 7) is 6.67. The number of hydrogen-bond acceptors (Lipinski definition) is 4. The van der Waals surface area contributed by atoms with Gasteiger partial charge in [0.05, 0.1) is 4.75 Å². The van der Waals surface area contributed by atoms with E-state index in [0.29, 0.717) is 38.6 Å². The Morgan fingerprint density at radius 3 is 2.33 bits per heavy atom. The molecule has 0 amide bonds. The number of rotatable bonds is 8. The average molecular weight is 475 g/mol. The summed E-state index contributed by atoms with van der Waals surface area (Å²) < 4.78 is 29.0. The highest BCUT2D eigenvalue weighted by molar-refractivity contribution is 14.0. The fraction of sp³-hybridized carbons (Fsp3) is 0.938. The largest absolute Gasteiger partial charge is 0.381 e. The van der Waals surface area contributed by atoms with E-state index in [1.807, 2.05) is 0 Å². The molecule has 0 aromatic heterocycles. The van der Waals surface area contributed by atoms with Gasteiger partial charge < -0.3 is 15.4 Å². The van der Waals surface area contributed by atoms with Crippen molar-refractivity contribution in [2.45, 2.75) is 50.7 Å². The lowest BCUT2D eigenvalue weighted by Gasteiger charge is -2.35. The zero-order chi connectivity index (χ0) is 17.3. The molecule has 0 aromatic rings. The summed E-state index contributed by atoms with van der Waals surface area (Å²) in [5.74, 6) is 1.40. The molecule has 1 fully saturated rings. The van der Waals surface area contributed by atoms with Gasteiger partial charge in [-0.2, -0.15) is 0 Å². The minimum Gasteiger partial charge on any atom is -0.381 e. The average Bonchev–Trinajstić information content (AvgIpc) is 2.49.